The molecule has 15 heavy (non-hydrogen) atoms. The van der Waals surface area contributed by atoms with Gasteiger partial charge in [-0.1, -0.05) is 0 Å². The predicted octanol–water partition coefficient (Wildman–Crippen LogP) is 0.530. The third-order valence-corrected chi connectivity index (χ3v) is 0.792. The molecule has 0 aromatic carbocycles. The Kier molecular flexibility index (Phi) is 7.58. The Morgan fingerprint density at radius 1 is 1.47 bits per heavy atom. The molecule has 0 aromatic rings. The Morgan fingerprint density at radius 2 is 1.80 bits per heavy atom. The number of esters is 1. The van der Waals surface area contributed by atoms with E-state index in [0.29, 0.717) is 6.61 Å². The molecule has 1 atom stereocenters. The number of ether oxygens (including phenoxy) is 1. The van der Waals surface area contributed by atoms with Gasteiger partial charge in [0.1, 0.15) is 6.61 Å². The van der Waals surface area contributed by atoms with Crippen molar-refractivity contribution < 1.29 is 32.6 Å². The molecule has 0 aliphatic rings. The van der Waals surface area contributed by atoms with Gasteiger partial charge >= 0.3 is 18.1 Å². The largest absolute Gasteiger partial charge is 0.490 e. The van der Waals surface area contributed by atoms with Crippen LogP contribution in [-0.2, 0) is 14.3 Å². The summed E-state index contributed by atoms with van der Waals surface area (Å²) in [5, 5.41) is 7.12. The average Bonchev–Trinajstić information content (AvgIpc) is 2.00. The number of nitrogens with two attached hydrogens (primary N) is 1. The van der Waals surface area contributed by atoms with E-state index in [1.54, 1.807) is 6.92 Å². The maximum atomic E-state index is 10.6. The molecule has 90 valence electrons. The van der Waals surface area contributed by atoms with Crippen LogP contribution in [0.15, 0.2) is 0 Å². The van der Waals surface area contributed by atoms with Crippen molar-refractivity contribution in [3.63, 3.8) is 0 Å². The van der Waals surface area contributed by atoms with Gasteiger partial charge in [0.15, 0.2) is 0 Å². The van der Waals surface area contributed by atoms with Crippen molar-refractivity contribution in [3.8, 4) is 0 Å². The van der Waals surface area contributed by atoms with Gasteiger partial charge in [-0.15, -0.1) is 0 Å². The summed E-state index contributed by atoms with van der Waals surface area (Å²) in [5.74, 6) is -3.03. The second-order valence-corrected chi connectivity index (χ2v) is 2.58. The van der Waals surface area contributed by atoms with Crippen molar-refractivity contribution in [2.45, 2.75) is 26.1 Å². The molecule has 0 aliphatic heterocycles. The van der Waals surface area contributed by atoms with Gasteiger partial charge in [-0.3, -0.25) is 4.79 Å². The molecular formula is C7H12F3NO4. The minimum atomic E-state index is -5.08. The molecule has 8 heteroatoms. The lowest BCUT2D eigenvalue weighted by Gasteiger charge is -2.02. The Bertz CT molecular complexity index is 215. The van der Waals surface area contributed by atoms with Crippen molar-refractivity contribution in [1.82, 2.24) is 0 Å². The van der Waals surface area contributed by atoms with E-state index in [-0.39, 0.29) is 12.0 Å². The van der Waals surface area contributed by atoms with Crippen LogP contribution in [0.25, 0.3) is 0 Å². The van der Waals surface area contributed by atoms with Crippen LogP contribution in [0.4, 0.5) is 13.2 Å². The van der Waals surface area contributed by atoms with E-state index < -0.39 is 12.1 Å². The first-order chi connectivity index (χ1) is 6.57. The fourth-order valence-corrected chi connectivity index (χ4v) is 0.249. The highest BCUT2D eigenvalue weighted by atomic mass is 19.4. The van der Waals surface area contributed by atoms with Gasteiger partial charge in [-0.25, -0.2) is 4.79 Å². The van der Waals surface area contributed by atoms with E-state index in [0.717, 1.165) is 0 Å². The van der Waals surface area contributed by atoms with Gasteiger partial charge in [0.2, 0.25) is 0 Å². The van der Waals surface area contributed by atoms with Crippen molar-refractivity contribution in [2.75, 3.05) is 6.61 Å². The van der Waals surface area contributed by atoms with Gasteiger partial charge < -0.3 is 15.6 Å². The van der Waals surface area contributed by atoms with E-state index in [1.165, 1.54) is 6.92 Å². The highest BCUT2D eigenvalue weighted by Crippen LogP contribution is 2.13. The molecule has 3 N–H and O–H groups in total. The summed E-state index contributed by atoms with van der Waals surface area (Å²) in [6.45, 7) is 3.46. The molecule has 0 heterocycles. The molecule has 0 radical (unpaired) electrons. The molecule has 1 unspecified atom stereocenters. The third-order valence-electron chi connectivity index (χ3n) is 0.792. The highest BCUT2D eigenvalue weighted by Gasteiger charge is 2.38. The topological polar surface area (TPSA) is 89.6 Å². The van der Waals surface area contributed by atoms with Crippen LogP contribution in [0, 0.1) is 0 Å². The van der Waals surface area contributed by atoms with Crippen molar-refractivity contribution in [2.24, 2.45) is 5.73 Å². The normalized spacial score (nSPS) is 12.1. The van der Waals surface area contributed by atoms with Gasteiger partial charge in [-0.2, -0.15) is 13.2 Å². The van der Waals surface area contributed by atoms with Crippen LogP contribution in [0.1, 0.15) is 13.8 Å². The van der Waals surface area contributed by atoms with E-state index >= 15 is 0 Å². The third kappa shape index (κ3) is 15.4. The van der Waals surface area contributed by atoms with Gasteiger partial charge in [0.25, 0.3) is 0 Å². The number of carboxylic acids is 1. The lowest BCUT2D eigenvalue weighted by atomic mass is 10.4. The zero-order valence-electron chi connectivity index (χ0n) is 8.17. The fraction of sp³-hybridized carbons (Fsp3) is 0.714. The SMILES string of the molecule is CC(=O)OCC(C)N.O=C(O)C(F)(F)F. The molecule has 0 saturated heterocycles. The fourth-order valence-electron chi connectivity index (χ4n) is 0.249. The Hall–Kier alpha value is -1.31. The summed E-state index contributed by atoms with van der Waals surface area (Å²) in [4.78, 5) is 19.0. The molecule has 0 saturated carbocycles. The van der Waals surface area contributed by atoms with Gasteiger partial charge in [-0.05, 0) is 6.92 Å². The Morgan fingerprint density at radius 3 is 1.87 bits per heavy atom. The number of hydrogen-bond acceptors (Lipinski definition) is 4. The molecule has 0 spiro atoms. The number of alkyl halides is 3. The van der Waals surface area contributed by atoms with Crippen molar-refractivity contribution >= 4 is 11.9 Å². The lowest BCUT2D eigenvalue weighted by molar-refractivity contribution is -0.192. The molecule has 0 aromatic heterocycles. The number of aliphatic carboxylic acids is 1. The van der Waals surface area contributed by atoms with Crippen LogP contribution in [-0.4, -0.2) is 35.9 Å². The monoisotopic (exact) mass is 231 g/mol. The second kappa shape index (κ2) is 7.04. The summed E-state index contributed by atoms with van der Waals surface area (Å²) in [7, 11) is 0. The smallest absolute Gasteiger partial charge is 0.475 e. The van der Waals surface area contributed by atoms with E-state index in [9.17, 15) is 18.0 Å². The average molecular weight is 231 g/mol. The van der Waals surface area contributed by atoms with E-state index in [4.69, 9.17) is 15.6 Å². The summed E-state index contributed by atoms with van der Waals surface area (Å²) >= 11 is 0. The number of hydrogen-bond donors (Lipinski definition) is 2. The molecule has 5 nitrogen and oxygen atoms in total. The van der Waals surface area contributed by atoms with E-state index in [2.05, 4.69) is 4.74 Å². The standard InChI is InChI=1S/C5H11NO2.C2HF3O2/c1-4(6)3-8-5(2)7;3-2(4,5)1(6)7/h4H,3,6H2,1-2H3;(H,6,7). The van der Waals surface area contributed by atoms with Crippen LogP contribution in [0.2, 0.25) is 0 Å². The van der Waals surface area contributed by atoms with Gasteiger partial charge in [0.05, 0.1) is 0 Å². The quantitative estimate of drug-likeness (QED) is 0.676. The van der Waals surface area contributed by atoms with Crippen LogP contribution in [0.5, 0.6) is 0 Å². The lowest BCUT2D eigenvalue weighted by Crippen LogP contribution is -2.23. The molecular weight excluding hydrogens is 219 g/mol. The number of carbonyl (C=O) groups excluding carboxylic acids is 1. The number of halogens is 3. The Balaban J connectivity index is 0. The Labute approximate surface area is 84.0 Å². The minimum Gasteiger partial charge on any atom is -0.475 e. The first-order valence-corrected chi connectivity index (χ1v) is 3.76. The molecule has 0 aliphatic carbocycles. The number of carbonyl (C=O) groups is 2. The highest BCUT2D eigenvalue weighted by molar-refractivity contribution is 5.73. The molecule has 0 bridgehead atoms. The first-order valence-electron chi connectivity index (χ1n) is 3.76. The summed E-state index contributed by atoms with van der Waals surface area (Å²) in [5.41, 5.74) is 5.26. The zero-order valence-corrected chi connectivity index (χ0v) is 8.17. The molecule has 0 fully saturated rings. The zero-order chi connectivity index (χ0) is 12.6. The van der Waals surface area contributed by atoms with Gasteiger partial charge in [0, 0.05) is 13.0 Å². The maximum absolute atomic E-state index is 10.6. The first kappa shape index (κ1) is 16.1. The van der Waals surface area contributed by atoms with Crippen LogP contribution < -0.4 is 5.73 Å². The minimum absolute atomic E-state index is 0.0566. The predicted molar refractivity (Wildman–Crippen MR) is 44.0 cm³/mol. The summed E-state index contributed by atoms with van der Waals surface area (Å²) in [6.07, 6.45) is -5.08. The number of carboxylic acid groups (broad SMARTS) is 1. The number of rotatable bonds is 2. The van der Waals surface area contributed by atoms with Crippen molar-refractivity contribution in [1.29, 1.82) is 0 Å². The van der Waals surface area contributed by atoms with Crippen LogP contribution in [0.3, 0.4) is 0 Å². The van der Waals surface area contributed by atoms with Crippen LogP contribution >= 0.6 is 0 Å². The molecule has 0 rings (SSSR count). The molecule has 0 amide bonds. The maximum Gasteiger partial charge on any atom is 0.490 e. The summed E-state index contributed by atoms with van der Waals surface area (Å²) in [6, 6.07) is -0.0566. The second-order valence-electron chi connectivity index (χ2n) is 2.58. The summed E-state index contributed by atoms with van der Waals surface area (Å²) < 4.78 is 36.3. The van der Waals surface area contributed by atoms with Crippen molar-refractivity contribution in [3.05, 3.63) is 0 Å². The van der Waals surface area contributed by atoms with E-state index in [1.807, 2.05) is 0 Å².